The van der Waals surface area contributed by atoms with Gasteiger partial charge in [-0.1, -0.05) is 12.6 Å². The van der Waals surface area contributed by atoms with Gasteiger partial charge in [-0.3, -0.25) is 9.79 Å². The second-order valence-electron chi connectivity index (χ2n) is 5.47. The monoisotopic (exact) mass is 310 g/mol. The van der Waals surface area contributed by atoms with Gasteiger partial charge in [-0.2, -0.15) is 0 Å². The van der Waals surface area contributed by atoms with Gasteiger partial charge >= 0.3 is 0 Å². The van der Waals surface area contributed by atoms with E-state index in [4.69, 9.17) is 9.15 Å². The van der Waals surface area contributed by atoms with Crippen molar-refractivity contribution >= 4 is 28.7 Å². The van der Waals surface area contributed by atoms with Crippen molar-refractivity contribution in [2.75, 3.05) is 19.0 Å². The van der Waals surface area contributed by atoms with Crippen LogP contribution in [0.5, 0.6) is 5.75 Å². The molecule has 118 valence electrons. The number of ether oxygens (including phenoxy) is 1. The molecule has 1 N–H and O–H groups in total. The van der Waals surface area contributed by atoms with Crippen molar-refractivity contribution in [1.29, 1.82) is 0 Å². The second kappa shape index (κ2) is 5.76. The fourth-order valence-electron chi connectivity index (χ4n) is 2.65. The molecule has 0 saturated heterocycles. The van der Waals surface area contributed by atoms with E-state index < -0.39 is 0 Å². The van der Waals surface area contributed by atoms with Gasteiger partial charge in [0.25, 0.3) is 0 Å². The number of anilines is 1. The van der Waals surface area contributed by atoms with E-state index in [2.05, 4.69) is 16.9 Å². The van der Waals surface area contributed by atoms with Crippen LogP contribution < -0.4 is 10.1 Å². The molecule has 0 atom stereocenters. The van der Waals surface area contributed by atoms with Crippen molar-refractivity contribution in [2.24, 2.45) is 4.99 Å². The molecule has 23 heavy (non-hydrogen) atoms. The molecule has 2 aromatic rings. The van der Waals surface area contributed by atoms with E-state index in [0.29, 0.717) is 29.3 Å². The molecule has 2 heterocycles. The van der Waals surface area contributed by atoms with Crippen LogP contribution in [-0.4, -0.2) is 25.7 Å². The average molecular weight is 310 g/mol. The zero-order valence-electron chi connectivity index (χ0n) is 13.4. The van der Waals surface area contributed by atoms with Crippen LogP contribution in [0.25, 0.3) is 11.0 Å². The van der Waals surface area contributed by atoms with E-state index in [1.165, 1.54) is 6.92 Å². The maximum absolute atomic E-state index is 12.0. The summed E-state index contributed by atoms with van der Waals surface area (Å²) in [6.07, 6.45) is 1.79. The Morgan fingerprint density at radius 2 is 2.22 bits per heavy atom. The normalized spacial score (nSPS) is 13.7. The van der Waals surface area contributed by atoms with E-state index in [9.17, 15) is 4.79 Å². The van der Waals surface area contributed by atoms with Crippen molar-refractivity contribution < 1.29 is 13.9 Å². The van der Waals surface area contributed by atoms with Crippen molar-refractivity contribution in [3.8, 4) is 5.75 Å². The molecule has 0 aliphatic carbocycles. The van der Waals surface area contributed by atoms with Crippen molar-refractivity contribution in [2.45, 2.75) is 13.8 Å². The Balaban J connectivity index is 2.10. The van der Waals surface area contributed by atoms with Gasteiger partial charge in [-0.05, 0) is 24.6 Å². The van der Waals surface area contributed by atoms with E-state index in [1.54, 1.807) is 19.4 Å². The average Bonchev–Trinajstić information content (AvgIpc) is 3.11. The number of allylic oxidation sites excluding steroid dienone is 1. The summed E-state index contributed by atoms with van der Waals surface area (Å²) in [5.74, 6) is 0.685. The molecule has 5 heteroatoms. The van der Waals surface area contributed by atoms with Crippen LogP contribution >= 0.6 is 0 Å². The fraction of sp³-hybridized carbons (Fsp3) is 0.222. The number of Topliss-reactive ketones (excluding diaryl/α,β-unsaturated/α-hetero) is 1. The van der Waals surface area contributed by atoms with Gasteiger partial charge in [-0.25, -0.2) is 0 Å². The summed E-state index contributed by atoms with van der Waals surface area (Å²) in [7, 11) is 1.57. The van der Waals surface area contributed by atoms with E-state index in [0.717, 1.165) is 16.5 Å². The van der Waals surface area contributed by atoms with Crippen LogP contribution in [0.15, 0.2) is 51.0 Å². The standard InChI is InChI=1S/C18H18N2O3/c1-10-8-19-9-14(10)11(2)20-16-13-6-5-7-15(22-4)18(13)23-17(16)12(3)21/h5-7,9,20H,2,8H2,1,3-4H3. The lowest BCUT2D eigenvalue weighted by atomic mass is 10.1. The van der Waals surface area contributed by atoms with Gasteiger partial charge in [0, 0.05) is 29.8 Å². The Hall–Kier alpha value is -2.82. The van der Waals surface area contributed by atoms with Gasteiger partial charge in [0.1, 0.15) is 0 Å². The van der Waals surface area contributed by atoms with E-state index >= 15 is 0 Å². The number of nitrogens with one attached hydrogen (secondary N) is 1. The van der Waals surface area contributed by atoms with Crippen LogP contribution in [-0.2, 0) is 0 Å². The Morgan fingerprint density at radius 1 is 1.43 bits per heavy atom. The molecule has 0 radical (unpaired) electrons. The van der Waals surface area contributed by atoms with Crippen LogP contribution in [0, 0.1) is 0 Å². The van der Waals surface area contributed by atoms with Crippen LogP contribution in [0.1, 0.15) is 24.4 Å². The highest BCUT2D eigenvalue weighted by Crippen LogP contribution is 2.37. The van der Waals surface area contributed by atoms with Crippen LogP contribution in [0.3, 0.4) is 0 Å². The molecular formula is C18H18N2O3. The summed E-state index contributed by atoms with van der Waals surface area (Å²) in [6, 6.07) is 5.54. The predicted octanol–water partition coefficient (Wildman–Crippen LogP) is 3.97. The SMILES string of the molecule is C=C(Nc1c(C(C)=O)oc2c(OC)cccc12)C1=C(C)CN=C1. The number of nitrogens with zero attached hydrogens (tertiary/aromatic N) is 1. The second-order valence-corrected chi connectivity index (χ2v) is 5.47. The predicted molar refractivity (Wildman–Crippen MR) is 91.6 cm³/mol. The quantitative estimate of drug-likeness (QED) is 0.849. The Morgan fingerprint density at radius 3 is 2.83 bits per heavy atom. The minimum Gasteiger partial charge on any atom is -0.493 e. The molecule has 1 aromatic carbocycles. The summed E-state index contributed by atoms with van der Waals surface area (Å²) >= 11 is 0. The number of carbonyl (C=O) groups is 1. The third-order valence-electron chi connectivity index (χ3n) is 3.83. The molecule has 0 fully saturated rings. The molecule has 1 aromatic heterocycles. The number of hydrogen-bond donors (Lipinski definition) is 1. The number of carbonyl (C=O) groups excluding carboxylic acids is 1. The summed E-state index contributed by atoms with van der Waals surface area (Å²) < 4.78 is 11.1. The maximum Gasteiger partial charge on any atom is 0.197 e. The topological polar surface area (TPSA) is 63.8 Å². The lowest BCUT2D eigenvalue weighted by Gasteiger charge is -2.10. The zero-order valence-corrected chi connectivity index (χ0v) is 13.4. The number of hydrogen-bond acceptors (Lipinski definition) is 5. The van der Waals surface area contributed by atoms with E-state index in [-0.39, 0.29) is 11.5 Å². The third kappa shape index (κ3) is 2.54. The highest BCUT2D eigenvalue weighted by molar-refractivity contribution is 6.08. The van der Waals surface area contributed by atoms with Crippen molar-refractivity contribution in [3.63, 3.8) is 0 Å². The number of aliphatic imine (C=N–C) groups is 1. The van der Waals surface area contributed by atoms with Crippen LogP contribution in [0.4, 0.5) is 5.69 Å². The lowest BCUT2D eigenvalue weighted by Crippen LogP contribution is -2.05. The molecule has 1 aliphatic heterocycles. The van der Waals surface area contributed by atoms with Gasteiger partial charge in [0.05, 0.1) is 19.3 Å². The van der Waals surface area contributed by atoms with Gasteiger partial charge < -0.3 is 14.5 Å². The molecule has 0 amide bonds. The first-order valence-corrected chi connectivity index (χ1v) is 7.29. The molecular weight excluding hydrogens is 292 g/mol. The molecule has 5 nitrogen and oxygen atoms in total. The minimum absolute atomic E-state index is 0.163. The van der Waals surface area contributed by atoms with Crippen LogP contribution in [0.2, 0.25) is 0 Å². The molecule has 3 rings (SSSR count). The Bertz CT molecular complexity index is 872. The molecule has 0 bridgehead atoms. The largest absolute Gasteiger partial charge is 0.493 e. The number of furan rings is 1. The number of fused-ring (bicyclic) bond motifs is 1. The lowest BCUT2D eigenvalue weighted by molar-refractivity contribution is 0.0990. The Kier molecular flexibility index (Phi) is 3.78. The summed E-state index contributed by atoms with van der Waals surface area (Å²) in [4.78, 5) is 16.2. The highest BCUT2D eigenvalue weighted by atomic mass is 16.5. The van der Waals surface area contributed by atoms with Gasteiger partial charge in [-0.15, -0.1) is 0 Å². The van der Waals surface area contributed by atoms with Crippen molar-refractivity contribution in [1.82, 2.24) is 0 Å². The molecule has 0 saturated carbocycles. The maximum atomic E-state index is 12.0. The minimum atomic E-state index is -0.163. The molecule has 0 spiro atoms. The first-order chi connectivity index (χ1) is 11.0. The Labute approximate surface area is 134 Å². The number of rotatable bonds is 5. The molecule has 0 unspecified atom stereocenters. The van der Waals surface area contributed by atoms with Gasteiger partial charge in [0.2, 0.25) is 0 Å². The van der Waals surface area contributed by atoms with Gasteiger partial charge in [0.15, 0.2) is 22.9 Å². The van der Waals surface area contributed by atoms with Crippen molar-refractivity contribution in [3.05, 3.63) is 47.4 Å². The summed E-state index contributed by atoms with van der Waals surface area (Å²) in [6.45, 7) is 8.23. The third-order valence-corrected chi connectivity index (χ3v) is 3.83. The zero-order chi connectivity index (χ0) is 16.6. The number of benzene rings is 1. The van der Waals surface area contributed by atoms with E-state index in [1.807, 2.05) is 19.1 Å². The highest BCUT2D eigenvalue weighted by Gasteiger charge is 2.21. The fourth-order valence-corrected chi connectivity index (χ4v) is 2.65. The summed E-state index contributed by atoms with van der Waals surface area (Å²) in [5, 5.41) is 4.01. The number of ketones is 1. The molecule has 1 aliphatic rings. The number of para-hydroxylation sites is 1. The first kappa shape index (κ1) is 15.1. The number of methoxy groups -OCH3 is 1. The first-order valence-electron chi connectivity index (χ1n) is 7.29. The smallest absolute Gasteiger partial charge is 0.197 e. The summed E-state index contributed by atoms with van der Waals surface area (Å²) in [5.41, 5.74) is 3.93.